The Balaban J connectivity index is 0.00000121. The highest BCUT2D eigenvalue weighted by Crippen LogP contribution is 2.06. The number of carbonyl (C=O) groups excluding carboxylic acids is 1. The summed E-state index contributed by atoms with van der Waals surface area (Å²) in [6.45, 7) is 4.32. The molecule has 2 nitrogen and oxygen atoms in total. The lowest BCUT2D eigenvalue weighted by molar-refractivity contribution is -0.724. The van der Waals surface area contributed by atoms with Crippen molar-refractivity contribution in [2.45, 2.75) is 51.6 Å². The molecular formula is C9H18ClNO. The van der Waals surface area contributed by atoms with Gasteiger partial charge < -0.3 is 17.7 Å². The monoisotopic (exact) mass is 191 g/mol. The fourth-order valence-electron chi connectivity index (χ4n) is 1.75. The minimum absolute atomic E-state index is 0. The first-order valence-corrected chi connectivity index (χ1v) is 4.63. The summed E-state index contributed by atoms with van der Waals surface area (Å²) in [5.41, 5.74) is 0. The van der Waals surface area contributed by atoms with E-state index in [4.69, 9.17) is 0 Å². The Morgan fingerprint density at radius 3 is 2.00 bits per heavy atom. The van der Waals surface area contributed by atoms with Gasteiger partial charge in [-0.1, -0.05) is 13.8 Å². The van der Waals surface area contributed by atoms with Crippen LogP contribution in [-0.4, -0.2) is 17.9 Å². The van der Waals surface area contributed by atoms with E-state index in [0.717, 1.165) is 25.7 Å². The lowest BCUT2D eigenvalue weighted by Gasteiger charge is -2.25. The van der Waals surface area contributed by atoms with Crippen LogP contribution in [-0.2, 0) is 4.79 Å². The first-order chi connectivity index (χ1) is 5.26. The summed E-state index contributed by atoms with van der Waals surface area (Å²) in [6, 6.07) is 1.14. The Morgan fingerprint density at radius 1 is 1.25 bits per heavy atom. The number of Topliss-reactive ketones (excluding diaryl/α,β-unsaturated/α-hetero) is 1. The predicted molar refractivity (Wildman–Crippen MR) is 44.3 cm³/mol. The number of carbonyl (C=O) groups is 1. The number of halogens is 1. The quantitative estimate of drug-likeness (QED) is 0.514. The van der Waals surface area contributed by atoms with Crippen LogP contribution in [0.1, 0.15) is 39.5 Å². The maximum atomic E-state index is 11.2. The van der Waals surface area contributed by atoms with Gasteiger partial charge in [0.05, 0.1) is 24.9 Å². The molecule has 1 rings (SSSR count). The third-order valence-electron chi connectivity index (χ3n) is 2.57. The second-order valence-corrected chi connectivity index (χ2v) is 3.48. The van der Waals surface area contributed by atoms with Crippen molar-refractivity contribution in [3.05, 3.63) is 0 Å². The number of ketones is 1. The second-order valence-electron chi connectivity index (χ2n) is 3.48. The highest BCUT2D eigenvalue weighted by atomic mass is 35.5. The van der Waals surface area contributed by atoms with E-state index < -0.39 is 0 Å². The van der Waals surface area contributed by atoms with Crippen LogP contribution in [0.15, 0.2) is 0 Å². The van der Waals surface area contributed by atoms with Crippen molar-refractivity contribution in [1.29, 1.82) is 0 Å². The SMILES string of the molecule is CCC1CC(=O)CC(CC)[NH2+]1.[Cl-]. The molecule has 0 bridgehead atoms. The van der Waals surface area contributed by atoms with Crippen LogP contribution in [0.2, 0.25) is 0 Å². The molecule has 2 N–H and O–H groups in total. The van der Waals surface area contributed by atoms with Gasteiger partial charge in [0.1, 0.15) is 5.78 Å². The number of rotatable bonds is 2. The van der Waals surface area contributed by atoms with E-state index in [1.807, 2.05) is 0 Å². The van der Waals surface area contributed by atoms with Crippen molar-refractivity contribution in [1.82, 2.24) is 0 Å². The smallest absolute Gasteiger partial charge is 0.144 e. The van der Waals surface area contributed by atoms with Crippen LogP contribution >= 0.6 is 0 Å². The fourth-order valence-corrected chi connectivity index (χ4v) is 1.75. The Kier molecular flexibility index (Phi) is 5.51. The van der Waals surface area contributed by atoms with Crippen LogP contribution in [0.5, 0.6) is 0 Å². The number of nitrogens with two attached hydrogens (primary N) is 1. The third kappa shape index (κ3) is 3.11. The molecule has 0 radical (unpaired) electrons. The van der Waals surface area contributed by atoms with E-state index in [1.54, 1.807) is 0 Å². The molecule has 12 heavy (non-hydrogen) atoms. The molecule has 0 amide bonds. The van der Waals surface area contributed by atoms with Gasteiger partial charge in [0.15, 0.2) is 0 Å². The Labute approximate surface area is 80.5 Å². The molecule has 0 aromatic rings. The minimum Gasteiger partial charge on any atom is -1.00 e. The molecule has 0 aromatic carbocycles. The topological polar surface area (TPSA) is 33.7 Å². The van der Waals surface area contributed by atoms with Gasteiger partial charge in [-0.3, -0.25) is 4.79 Å². The maximum Gasteiger partial charge on any atom is 0.144 e. The first-order valence-electron chi connectivity index (χ1n) is 4.63. The van der Waals surface area contributed by atoms with E-state index in [2.05, 4.69) is 19.2 Å². The highest BCUT2D eigenvalue weighted by Gasteiger charge is 2.27. The van der Waals surface area contributed by atoms with Gasteiger partial charge in [0.2, 0.25) is 0 Å². The van der Waals surface area contributed by atoms with Crippen molar-refractivity contribution in [2.75, 3.05) is 0 Å². The van der Waals surface area contributed by atoms with Gasteiger partial charge in [0, 0.05) is 0 Å². The van der Waals surface area contributed by atoms with E-state index >= 15 is 0 Å². The Morgan fingerprint density at radius 2 is 1.67 bits per heavy atom. The number of hydrogen-bond acceptors (Lipinski definition) is 1. The van der Waals surface area contributed by atoms with Gasteiger partial charge in [-0.25, -0.2) is 0 Å². The average molecular weight is 192 g/mol. The molecule has 3 heteroatoms. The summed E-state index contributed by atoms with van der Waals surface area (Å²) in [5, 5.41) is 2.38. The minimum atomic E-state index is 0. The molecule has 1 heterocycles. The van der Waals surface area contributed by atoms with Gasteiger partial charge >= 0.3 is 0 Å². The van der Waals surface area contributed by atoms with Crippen LogP contribution in [0, 0.1) is 0 Å². The number of piperidine rings is 1. The number of hydrogen-bond donors (Lipinski definition) is 1. The van der Waals surface area contributed by atoms with E-state index in [1.165, 1.54) is 0 Å². The molecule has 0 spiro atoms. The number of quaternary nitrogens is 1. The molecule has 2 atom stereocenters. The summed E-state index contributed by atoms with van der Waals surface area (Å²) in [6.07, 6.45) is 3.85. The highest BCUT2D eigenvalue weighted by molar-refractivity contribution is 5.79. The van der Waals surface area contributed by atoms with E-state index in [0.29, 0.717) is 17.9 Å². The van der Waals surface area contributed by atoms with Gasteiger partial charge in [-0.05, 0) is 12.8 Å². The first kappa shape index (κ1) is 11.9. The molecule has 0 aliphatic carbocycles. The van der Waals surface area contributed by atoms with Gasteiger partial charge in [0.25, 0.3) is 0 Å². The molecule has 1 saturated heterocycles. The zero-order valence-electron chi connectivity index (χ0n) is 7.85. The van der Waals surface area contributed by atoms with Crippen molar-refractivity contribution in [2.24, 2.45) is 0 Å². The molecule has 0 saturated carbocycles. The van der Waals surface area contributed by atoms with Crippen LogP contribution in [0.25, 0.3) is 0 Å². The van der Waals surface area contributed by atoms with Crippen LogP contribution in [0.3, 0.4) is 0 Å². The summed E-state index contributed by atoms with van der Waals surface area (Å²) >= 11 is 0. The fraction of sp³-hybridized carbons (Fsp3) is 0.889. The summed E-state index contributed by atoms with van der Waals surface area (Å²) < 4.78 is 0. The Bertz CT molecular complexity index is 135. The zero-order valence-corrected chi connectivity index (χ0v) is 8.60. The zero-order chi connectivity index (χ0) is 8.27. The molecule has 1 fully saturated rings. The van der Waals surface area contributed by atoms with Crippen molar-refractivity contribution in [3.8, 4) is 0 Å². The lowest BCUT2D eigenvalue weighted by atomic mass is 9.94. The van der Waals surface area contributed by atoms with E-state index in [-0.39, 0.29) is 12.4 Å². The normalized spacial score (nSPS) is 29.7. The lowest BCUT2D eigenvalue weighted by Crippen LogP contribution is -3.00. The Hall–Kier alpha value is -0.0800. The molecule has 72 valence electrons. The standard InChI is InChI=1S/C9H17NO.ClH/c1-3-7-5-9(11)6-8(4-2)10-7;/h7-8,10H,3-6H2,1-2H3;1H. The molecule has 0 aromatic heterocycles. The van der Waals surface area contributed by atoms with E-state index in [9.17, 15) is 4.79 Å². The molecule has 1 aliphatic heterocycles. The van der Waals surface area contributed by atoms with Crippen LogP contribution in [0.4, 0.5) is 0 Å². The largest absolute Gasteiger partial charge is 1.00 e. The molecule has 1 aliphatic rings. The van der Waals surface area contributed by atoms with Gasteiger partial charge in [-0.15, -0.1) is 0 Å². The molecule has 2 unspecified atom stereocenters. The predicted octanol–water partition coefficient (Wildman–Crippen LogP) is -2.53. The maximum absolute atomic E-state index is 11.2. The third-order valence-corrected chi connectivity index (χ3v) is 2.57. The van der Waals surface area contributed by atoms with Crippen LogP contribution < -0.4 is 17.7 Å². The van der Waals surface area contributed by atoms with Crippen molar-refractivity contribution in [3.63, 3.8) is 0 Å². The molecular weight excluding hydrogens is 174 g/mol. The van der Waals surface area contributed by atoms with Crippen molar-refractivity contribution >= 4 is 5.78 Å². The average Bonchev–Trinajstić information content (AvgIpc) is 2.03. The van der Waals surface area contributed by atoms with Gasteiger partial charge in [-0.2, -0.15) is 0 Å². The summed E-state index contributed by atoms with van der Waals surface area (Å²) in [5.74, 6) is 0.464. The summed E-state index contributed by atoms with van der Waals surface area (Å²) in [7, 11) is 0. The van der Waals surface area contributed by atoms with Crippen molar-refractivity contribution < 1.29 is 22.5 Å². The summed E-state index contributed by atoms with van der Waals surface area (Å²) in [4.78, 5) is 11.2. The second kappa shape index (κ2) is 5.55.